The number of pyridine rings is 1. The van der Waals surface area contributed by atoms with Crippen molar-refractivity contribution in [2.75, 3.05) is 5.43 Å². The first-order valence-corrected chi connectivity index (χ1v) is 4.20. The molecule has 2 rings (SSSR count). The van der Waals surface area contributed by atoms with Gasteiger partial charge in [0.1, 0.15) is 0 Å². The van der Waals surface area contributed by atoms with Crippen molar-refractivity contribution in [3.8, 4) is 0 Å². The van der Waals surface area contributed by atoms with Gasteiger partial charge in [0.25, 0.3) is 0 Å². The normalized spacial score (nSPS) is 9.71. The van der Waals surface area contributed by atoms with Crippen LogP contribution in [-0.2, 0) is 4.79 Å². The molecule has 0 aliphatic carbocycles. The fourth-order valence-corrected chi connectivity index (χ4v) is 1.27. The van der Waals surface area contributed by atoms with Gasteiger partial charge in [-0.05, 0) is 24.3 Å². The van der Waals surface area contributed by atoms with Crippen LogP contribution in [0.3, 0.4) is 0 Å². The summed E-state index contributed by atoms with van der Waals surface area (Å²) in [6.07, 6.45) is 2.34. The number of carbonyl (C=O) groups is 1. The first-order chi connectivity index (χ1) is 6.90. The average molecular weight is 187 g/mol. The van der Waals surface area contributed by atoms with E-state index < -0.39 is 0 Å². The van der Waals surface area contributed by atoms with Crippen molar-refractivity contribution in [1.82, 2.24) is 10.4 Å². The molecule has 0 fully saturated rings. The zero-order valence-corrected chi connectivity index (χ0v) is 7.40. The van der Waals surface area contributed by atoms with Gasteiger partial charge in [-0.2, -0.15) is 0 Å². The molecule has 70 valence electrons. The minimum Gasteiger partial charge on any atom is -0.299 e. The number of aromatic nitrogens is 1. The minimum absolute atomic E-state index is 0.591. The van der Waals surface area contributed by atoms with Crippen molar-refractivity contribution in [3.63, 3.8) is 0 Å². The van der Waals surface area contributed by atoms with Gasteiger partial charge in [0, 0.05) is 11.6 Å². The number of nitrogens with zero attached hydrogens (tertiary/aromatic N) is 1. The van der Waals surface area contributed by atoms with Gasteiger partial charge in [0.05, 0.1) is 11.2 Å². The van der Waals surface area contributed by atoms with Crippen LogP contribution in [-0.4, -0.2) is 11.4 Å². The van der Waals surface area contributed by atoms with Gasteiger partial charge in [0.2, 0.25) is 6.41 Å². The summed E-state index contributed by atoms with van der Waals surface area (Å²) in [6.45, 7) is 0. The summed E-state index contributed by atoms with van der Waals surface area (Å²) in [6, 6.07) is 9.50. The predicted octanol–water partition coefficient (Wildman–Crippen LogP) is 1.31. The summed E-state index contributed by atoms with van der Waals surface area (Å²) in [5, 5.41) is 1.03. The highest BCUT2D eigenvalue weighted by molar-refractivity contribution is 5.82. The molecule has 0 saturated heterocycles. The number of carbonyl (C=O) groups excluding carboxylic acids is 1. The van der Waals surface area contributed by atoms with Crippen LogP contribution in [0.1, 0.15) is 0 Å². The summed E-state index contributed by atoms with van der Waals surface area (Å²) >= 11 is 0. The quantitative estimate of drug-likeness (QED) is 0.562. The molecule has 0 bridgehead atoms. The third-order valence-corrected chi connectivity index (χ3v) is 1.88. The number of hydrogen-bond acceptors (Lipinski definition) is 3. The van der Waals surface area contributed by atoms with E-state index in [9.17, 15) is 4.79 Å². The van der Waals surface area contributed by atoms with Gasteiger partial charge in [-0.25, -0.2) is 0 Å². The van der Waals surface area contributed by atoms with E-state index in [0.717, 1.165) is 16.6 Å². The maximum absolute atomic E-state index is 10.1. The Morgan fingerprint density at radius 3 is 3.07 bits per heavy atom. The van der Waals surface area contributed by atoms with Crippen molar-refractivity contribution in [1.29, 1.82) is 0 Å². The molecular formula is C10H9N3O. The smallest absolute Gasteiger partial charge is 0.225 e. The van der Waals surface area contributed by atoms with Crippen molar-refractivity contribution in [2.24, 2.45) is 0 Å². The maximum Gasteiger partial charge on any atom is 0.225 e. The second-order valence-electron chi connectivity index (χ2n) is 2.80. The standard InChI is InChI=1S/C10H9N3O/c14-7-12-13-9-3-4-10-8(6-9)2-1-5-11-10/h1-7,13H,(H,12,14). The van der Waals surface area contributed by atoms with Gasteiger partial charge >= 0.3 is 0 Å². The Labute approximate surface area is 80.9 Å². The van der Waals surface area contributed by atoms with Gasteiger partial charge in [-0.1, -0.05) is 6.07 Å². The number of fused-ring (bicyclic) bond motifs is 1. The fraction of sp³-hybridized carbons (Fsp3) is 0. The third-order valence-electron chi connectivity index (χ3n) is 1.88. The van der Waals surface area contributed by atoms with Crippen LogP contribution in [0, 0.1) is 0 Å². The molecule has 0 radical (unpaired) electrons. The molecule has 1 aromatic carbocycles. The Hall–Kier alpha value is -2.10. The molecule has 1 heterocycles. The fourth-order valence-electron chi connectivity index (χ4n) is 1.27. The van der Waals surface area contributed by atoms with Crippen LogP contribution in [0.15, 0.2) is 36.5 Å². The number of benzene rings is 1. The number of hydrogen-bond donors (Lipinski definition) is 2. The average Bonchev–Trinajstić information content (AvgIpc) is 2.26. The first kappa shape index (κ1) is 8.50. The van der Waals surface area contributed by atoms with E-state index in [2.05, 4.69) is 15.8 Å². The van der Waals surface area contributed by atoms with E-state index in [1.807, 2.05) is 30.3 Å². The lowest BCUT2D eigenvalue weighted by molar-refractivity contribution is -0.109. The zero-order chi connectivity index (χ0) is 9.80. The Morgan fingerprint density at radius 1 is 1.29 bits per heavy atom. The van der Waals surface area contributed by atoms with E-state index in [4.69, 9.17) is 0 Å². The molecule has 4 nitrogen and oxygen atoms in total. The molecule has 1 amide bonds. The summed E-state index contributed by atoms with van der Waals surface area (Å²) in [4.78, 5) is 14.2. The molecule has 2 aromatic rings. The number of amides is 1. The number of hydrazine groups is 1. The molecule has 0 aliphatic rings. The Kier molecular flexibility index (Phi) is 2.27. The molecule has 0 aliphatic heterocycles. The summed E-state index contributed by atoms with van der Waals surface area (Å²) < 4.78 is 0. The Bertz CT molecular complexity index is 456. The van der Waals surface area contributed by atoms with E-state index in [1.165, 1.54) is 0 Å². The van der Waals surface area contributed by atoms with Crippen LogP contribution in [0.25, 0.3) is 10.9 Å². The largest absolute Gasteiger partial charge is 0.299 e. The monoisotopic (exact) mass is 187 g/mol. The lowest BCUT2D eigenvalue weighted by Gasteiger charge is -2.04. The summed E-state index contributed by atoms with van der Waals surface area (Å²) in [5.41, 5.74) is 6.88. The highest BCUT2D eigenvalue weighted by Crippen LogP contribution is 2.15. The molecule has 0 spiro atoms. The van der Waals surface area contributed by atoms with Crippen molar-refractivity contribution in [3.05, 3.63) is 36.5 Å². The van der Waals surface area contributed by atoms with Gasteiger partial charge in [0.15, 0.2) is 0 Å². The predicted molar refractivity (Wildman–Crippen MR) is 54.6 cm³/mol. The lowest BCUT2D eigenvalue weighted by Crippen LogP contribution is -2.18. The van der Waals surface area contributed by atoms with Crippen molar-refractivity contribution in [2.45, 2.75) is 0 Å². The summed E-state index contributed by atoms with van der Waals surface area (Å²) in [7, 11) is 0. The zero-order valence-electron chi connectivity index (χ0n) is 7.40. The van der Waals surface area contributed by atoms with Crippen LogP contribution < -0.4 is 10.9 Å². The van der Waals surface area contributed by atoms with Gasteiger partial charge in [-0.3, -0.25) is 20.6 Å². The summed E-state index contributed by atoms with van der Waals surface area (Å²) in [5.74, 6) is 0. The number of rotatable bonds is 3. The molecule has 14 heavy (non-hydrogen) atoms. The molecule has 1 aromatic heterocycles. The van der Waals surface area contributed by atoms with E-state index in [1.54, 1.807) is 6.20 Å². The maximum atomic E-state index is 10.1. The van der Waals surface area contributed by atoms with Gasteiger partial charge in [-0.15, -0.1) is 0 Å². The molecule has 0 unspecified atom stereocenters. The van der Waals surface area contributed by atoms with Crippen molar-refractivity contribution < 1.29 is 4.79 Å². The van der Waals surface area contributed by atoms with Crippen LogP contribution >= 0.6 is 0 Å². The highest BCUT2D eigenvalue weighted by Gasteiger charge is 1.94. The lowest BCUT2D eigenvalue weighted by atomic mass is 10.2. The van der Waals surface area contributed by atoms with Crippen LogP contribution in [0.5, 0.6) is 0 Å². The molecule has 2 N–H and O–H groups in total. The minimum atomic E-state index is 0.591. The molecule has 4 heteroatoms. The van der Waals surface area contributed by atoms with E-state index in [-0.39, 0.29) is 0 Å². The first-order valence-electron chi connectivity index (χ1n) is 4.20. The van der Waals surface area contributed by atoms with E-state index >= 15 is 0 Å². The topological polar surface area (TPSA) is 54.0 Å². The third kappa shape index (κ3) is 1.64. The highest BCUT2D eigenvalue weighted by atomic mass is 16.1. The molecule has 0 saturated carbocycles. The molecule has 0 atom stereocenters. The van der Waals surface area contributed by atoms with Crippen LogP contribution in [0.2, 0.25) is 0 Å². The van der Waals surface area contributed by atoms with Crippen molar-refractivity contribution >= 4 is 23.0 Å². The Balaban J connectivity index is 2.36. The number of nitrogens with one attached hydrogen (secondary N) is 2. The second-order valence-corrected chi connectivity index (χ2v) is 2.80. The SMILES string of the molecule is O=CNNc1ccc2ncccc2c1. The van der Waals surface area contributed by atoms with E-state index in [0.29, 0.717) is 6.41 Å². The second kappa shape index (κ2) is 3.74. The Morgan fingerprint density at radius 2 is 2.21 bits per heavy atom. The molecular weight excluding hydrogens is 178 g/mol. The van der Waals surface area contributed by atoms with Gasteiger partial charge < -0.3 is 0 Å². The number of anilines is 1. The van der Waals surface area contributed by atoms with Crippen LogP contribution in [0.4, 0.5) is 5.69 Å².